The van der Waals surface area contributed by atoms with Crippen molar-refractivity contribution in [2.75, 3.05) is 5.01 Å². The van der Waals surface area contributed by atoms with Crippen LogP contribution in [-0.2, 0) is 15.4 Å². The van der Waals surface area contributed by atoms with E-state index in [2.05, 4.69) is 5.10 Å². The highest BCUT2D eigenvalue weighted by molar-refractivity contribution is 7.93. The highest BCUT2D eigenvalue weighted by Gasteiger charge is 2.61. The average Bonchev–Trinajstić information content (AvgIpc) is 2.90. The van der Waals surface area contributed by atoms with E-state index in [0.29, 0.717) is 10.6 Å². The average molecular weight is 312 g/mol. The quantitative estimate of drug-likeness (QED) is 0.813. The van der Waals surface area contributed by atoms with E-state index in [-0.39, 0.29) is 0 Å². The molecule has 4 nitrogen and oxygen atoms in total. The fraction of sp³-hybridized carbons (Fsp3) is 0.235. The van der Waals surface area contributed by atoms with Crippen LogP contribution in [0.3, 0.4) is 0 Å². The molecule has 2 aromatic carbocycles. The molecule has 0 radical (unpaired) electrons. The van der Waals surface area contributed by atoms with Gasteiger partial charge in [0, 0.05) is 0 Å². The van der Waals surface area contributed by atoms with Crippen LogP contribution in [0.25, 0.3) is 0 Å². The Morgan fingerprint density at radius 2 is 1.68 bits per heavy atom. The lowest BCUT2D eigenvalue weighted by atomic mass is 9.87. The van der Waals surface area contributed by atoms with Crippen molar-refractivity contribution in [3.63, 3.8) is 0 Å². The van der Waals surface area contributed by atoms with Crippen LogP contribution in [0.15, 0.2) is 64.6 Å². The molecular formula is C17H16N2O2S. The minimum atomic E-state index is -3.40. The Labute approximate surface area is 130 Å². The lowest BCUT2D eigenvalue weighted by molar-refractivity contribution is 0.493. The van der Waals surface area contributed by atoms with Gasteiger partial charge in [-0.1, -0.05) is 36.4 Å². The molecule has 22 heavy (non-hydrogen) atoms. The molecule has 0 N–H and O–H groups in total. The van der Waals surface area contributed by atoms with E-state index in [0.717, 1.165) is 11.3 Å². The first kappa shape index (κ1) is 13.5. The molecule has 0 amide bonds. The first-order chi connectivity index (χ1) is 10.5. The summed E-state index contributed by atoms with van der Waals surface area (Å²) in [4.78, 5) is 0.428. The summed E-state index contributed by atoms with van der Waals surface area (Å²) in [6, 6.07) is 17.0. The maximum absolute atomic E-state index is 13.0. The van der Waals surface area contributed by atoms with Crippen molar-refractivity contribution in [1.82, 2.24) is 0 Å². The van der Waals surface area contributed by atoms with Gasteiger partial charge in [0.2, 0.25) is 0 Å². The maximum Gasteiger partial charge on any atom is 0.189 e. The van der Waals surface area contributed by atoms with Gasteiger partial charge in [0.05, 0.1) is 16.3 Å². The molecule has 2 atom stereocenters. The Hall–Kier alpha value is -2.14. The molecule has 2 aliphatic heterocycles. The highest BCUT2D eigenvalue weighted by atomic mass is 32.2. The molecule has 2 aliphatic rings. The van der Waals surface area contributed by atoms with Crippen LogP contribution < -0.4 is 5.01 Å². The number of hydrazone groups is 1. The van der Waals surface area contributed by atoms with E-state index in [1.54, 1.807) is 19.1 Å². The summed E-state index contributed by atoms with van der Waals surface area (Å²) < 4.78 is 25.9. The standard InChI is InChI=1S/C17H16N2O2S/c1-12-16-17(2,19(18-12)13-8-4-3-5-9-13)14-10-6-7-11-15(14)22(16,20)21/h3-11,16H,1-2H3. The fourth-order valence-electron chi connectivity index (χ4n) is 3.77. The lowest BCUT2D eigenvalue weighted by Crippen LogP contribution is -2.45. The molecule has 0 spiro atoms. The molecule has 0 aromatic heterocycles. The van der Waals surface area contributed by atoms with Crippen LogP contribution in [0, 0.1) is 0 Å². The molecule has 2 aromatic rings. The molecule has 0 aliphatic carbocycles. The van der Waals surface area contributed by atoms with Gasteiger partial charge in [-0.2, -0.15) is 5.10 Å². The van der Waals surface area contributed by atoms with Crippen LogP contribution in [0.5, 0.6) is 0 Å². The first-order valence-corrected chi connectivity index (χ1v) is 8.76. The van der Waals surface area contributed by atoms with Gasteiger partial charge in [0.1, 0.15) is 10.8 Å². The zero-order valence-electron chi connectivity index (χ0n) is 12.4. The number of hydrogen-bond acceptors (Lipinski definition) is 4. The second kappa shape index (κ2) is 4.20. The third-order valence-electron chi connectivity index (χ3n) is 4.64. The Morgan fingerprint density at radius 1 is 1.05 bits per heavy atom. The van der Waals surface area contributed by atoms with Crippen LogP contribution >= 0.6 is 0 Å². The Balaban J connectivity index is 2.02. The molecule has 5 heteroatoms. The molecule has 4 rings (SSSR count). The zero-order valence-corrected chi connectivity index (χ0v) is 13.2. The van der Waals surface area contributed by atoms with E-state index in [1.165, 1.54) is 0 Å². The summed E-state index contributed by atoms with van der Waals surface area (Å²) >= 11 is 0. The van der Waals surface area contributed by atoms with Gasteiger partial charge in [-0.15, -0.1) is 0 Å². The first-order valence-electron chi connectivity index (χ1n) is 7.21. The van der Waals surface area contributed by atoms with Gasteiger partial charge in [0.15, 0.2) is 9.84 Å². The van der Waals surface area contributed by atoms with Crippen molar-refractivity contribution in [3.05, 3.63) is 60.2 Å². The SMILES string of the molecule is CC1=NN(c2ccccc2)C2(C)c3ccccc3S(=O)(=O)C12. The number of fused-ring (bicyclic) bond motifs is 3. The largest absolute Gasteiger partial charge is 0.254 e. The molecular weight excluding hydrogens is 296 g/mol. The smallest absolute Gasteiger partial charge is 0.189 e. The van der Waals surface area contributed by atoms with Crippen molar-refractivity contribution in [2.24, 2.45) is 5.10 Å². The monoisotopic (exact) mass is 312 g/mol. The minimum absolute atomic E-state index is 0.428. The molecule has 0 saturated carbocycles. The maximum atomic E-state index is 13.0. The number of sulfone groups is 1. The summed E-state index contributed by atoms with van der Waals surface area (Å²) in [7, 11) is -3.40. The van der Waals surface area contributed by atoms with Crippen LogP contribution in [0.1, 0.15) is 19.4 Å². The second-order valence-corrected chi connectivity index (χ2v) is 7.96. The number of para-hydroxylation sites is 1. The number of nitrogens with zero attached hydrogens (tertiary/aromatic N) is 2. The Kier molecular flexibility index (Phi) is 2.58. The van der Waals surface area contributed by atoms with Crippen LogP contribution in [0.4, 0.5) is 5.69 Å². The van der Waals surface area contributed by atoms with Crippen molar-refractivity contribution in [1.29, 1.82) is 0 Å². The third kappa shape index (κ3) is 1.47. The zero-order chi connectivity index (χ0) is 15.5. The van der Waals surface area contributed by atoms with Crippen LogP contribution in [-0.4, -0.2) is 19.4 Å². The highest BCUT2D eigenvalue weighted by Crippen LogP contribution is 2.52. The minimum Gasteiger partial charge on any atom is -0.254 e. The summed E-state index contributed by atoms with van der Waals surface area (Å²) in [6.45, 7) is 3.77. The van der Waals surface area contributed by atoms with E-state index < -0.39 is 20.6 Å². The van der Waals surface area contributed by atoms with Crippen LogP contribution in [0.2, 0.25) is 0 Å². The topological polar surface area (TPSA) is 49.7 Å². The summed E-state index contributed by atoms with van der Waals surface area (Å²) in [5.74, 6) is 0. The number of rotatable bonds is 1. The van der Waals surface area contributed by atoms with E-state index in [4.69, 9.17) is 0 Å². The van der Waals surface area contributed by atoms with E-state index in [1.807, 2.05) is 54.4 Å². The molecule has 0 bridgehead atoms. The summed E-state index contributed by atoms with van der Waals surface area (Å²) in [5, 5.41) is 5.81. The number of anilines is 1. The number of benzene rings is 2. The normalized spacial score (nSPS) is 28.2. The Bertz CT molecular complexity index is 890. The predicted molar refractivity (Wildman–Crippen MR) is 86.8 cm³/mol. The van der Waals surface area contributed by atoms with Gasteiger partial charge in [0.25, 0.3) is 0 Å². The summed E-state index contributed by atoms with van der Waals surface area (Å²) in [5.41, 5.74) is 1.67. The Morgan fingerprint density at radius 3 is 2.41 bits per heavy atom. The van der Waals surface area contributed by atoms with E-state index >= 15 is 0 Å². The van der Waals surface area contributed by atoms with Crippen molar-refractivity contribution >= 4 is 21.2 Å². The van der Waals surface area contributed by atoms with Gasteiger partial charge in [-0.05, 0) is 37.6 Å². The summed E-state index contributed by atoms with van der Waals surface area (Å²) in [6.07, 6.45) is 0. The van der Waals surface area contributed by atoms with Crippen molar-refractivity contribution < 1.29 is 8.42 Å². The number of hydrogen-bond donors (Lipinski definition) is 0. The molecule has 0 fully saturated rings. The molecule has 2 unspecified atom stereocenters. The molecule has 112 valence electrons. The van der Waals surface area contributed by atoms with Gasteiger partial charge in [-0.25, -0.2) is 8.42 Å². The molecule has 0 saturated heterocycles. The van der Waals surface area contributed by atoms with Gasteiger partial charge >= 0.3 is 0 Å². The second-order valence-electron chi connectivity index (χ2n) is 5.96. The van der Waals surface area contributed by atoms with Gasteiger partial charge in [-0.3, -0.25) is 5.01 Å². The van der Waals surface area contributed by atoms with E-state index in [9.17, 15) is 8.42 Å². The van der Waals surface area contributed by atoms with Gasteiger partial charge < -0.3 is 0 Å². The fourth-order valence-corrected chi connectivity index (χ4v) is 6.20. The predicted octanol–water partition coefficient (Wildman–Crippen LogP) is 2.95. The third-order valence-corrected chi connectivity index (χ3v) is 7.03. The van der Waals surface area contributed by atoms with Crippen molar-refractivity contribution in [2.45, 2.75) is 29.5 Å². The van der Waals surface area contributed by atoms with Crippen molar-refractivity contribution in [3.8, 4) is 0 Å². The molecule has 2 heterocycles. The lowest BCUT2D eigenvalue weighted by Gasteiger charge is -2.34.